The molecule has 0 bridgehead atoms. The highest BCUT2D eigenvalue weighted by Crippen LogP contribution is 2.27. The summed E-state index contributed by atoms with van der Waals surface area (Å²) in [5.41, 5.74) is 1.79. The van der Waals surface area contributed by atoms with E-state index in [1.54, 1.807) is 18.2 Å². The maximum absolute atomic E-state index is 13.9. The number of hydrogen-bond donors (Lipinski definition) is 1. The fourth-order valence-electron chi connectivity index (χ4n) is 2.20. The van der Waals surface area contributed by atoms with Crippen molar-refractivity contribution in [1.82, 2.24) is 4.98 Å². The van der Waals surface area contributed by atoms with Gasteiger partial charge in [-0.2, -0.15) is 0 Å². The van der Waals surface area contributed by atoms with Gasteiger partial charge >= 0.3 is 0 Å². The topological polar surface area (TPSA) is 46.3 Å². The quantitative estimate of drug-likeness (QED) is 0.705. The van der Waals surface area contributed by atoms with Crippen LogP contribution in [0.3, 0.4) is 0 Å². The molecule has 1 aromatic heterocycles. The normalized spacial score (nSPS) is 10.6. The van der Waals surface area contributed by atoms with Crippen molar-refractivity contribution >= 4 is 34.3 Å². The molecular weight excluding hydrogens is 340 g/mol. The first kappa shape index (κ1) is 15.8. The van der Waals surface area contributed by atoms with E-state index in [0.717, 1.165) is 0 Å². The molecule has 0 aliphatic rings. The van der Waals surface area contributed by atoms with Gasteiger partial charge in [0.2, 0.25) is 0 Å². The van der Waals surface area contributed by atoms with Crippen molar-refractivity contribution in [2.45, 2.75) is 6.42 Å². The van der Waals surface area contributed by atoms with Crippen LogP contribution in [0, 0.1) is 17.7 Å². The monoisotopic (exact) mass is 349 g/mol. The first-order valence-electron chi connectivity index (χ1n) is 6.70. The maximum atomic E-state index is 13.9. The first-order chi connectivity index (χ1) is 11.1. The van der Waals surface area contributed by atoms with Crippen molar-refractivity contribution in [3.63, 3.8) is 0 Å². The summed E-state index contributed by atoms with van der Waals surface area (Å²) in [7, 11) is 0. The van der Waals surface area contributed by atoms with Gasteiger partial charge in [0.25, 0.3) is 0 Å². The summed E-state index contributed by atoms with van der Waals surface area (Å²) < 4.78 is 19.6. The Hall–Kier alpha value is -2.06. The molecule has 2 aromatic carbocycles. The van der Waals surface area contributed by atoms with Crippen LogP contribution >= 0.6 is 23.2 Å². The molecule has 3 aromatic rings. The van der Waals surface area contributed by atoms with E-state index in [0.29, 0.717) is 38.2 Å². The van der Waals surface area contributed by atoms with E-state index >= 15 is 0 Å². The van der Waals surface area contributed by atoms with Crippen LogP contribution in [0.2, 0.25) is 10.0 Å². The van der Waals surface area contributed by atoms with Gasteiger partial charge in [-0.15, -0.1) is 0 Å². The summed E-state index contributed by atoms with van der Waals surface area (Å²) in [6.07, 6.45) is 0.116. The molecule has 0 amide bonds. The number of benzene rings is 2. The van der Waals surface area contributed by atoms with Gasteiger partial charge in [-0.05, 0) is 24.3 Å². The Labute approximate surface area is 141 Å². The number of fused-ring (bicyclic) bond motifs is 1. The Morgan fingerprint density at radius 1 is 1.26 bits per heavy atom. The van der Waals surface area contributed by atoms with Crippen molar-refractivity contribution in [3.8, 4) is 11.8 Å². The molecule has 0 aliphatic heterocycles. The number of aromatic nitrogens is 1. The molecule has 6 heteroatoms. The number of hydrogen-bond acceptors (Lipinski definition) is 3. The van der Waals surface area contributed by atoms with Gasteiger partial charge in [-0.25, -0.2) is 9.37 Å². The predicted molar refractivity (Wildman–Crippen MR) is 87.2 cm³/mol. The average molecular weight is 350 g/mol. The minimum absolute atomic E-state index is 0.116. The molecule has 23 heavy (non-hydrogen) atoms. The summed E-state index contributed by atoms with van der Waals surface area (Å²) in [5.74, 6) is 5.19. The van der Waals surface area contributed by atoms with Crippen LogP contribution in [0.5, 0.6) is 0 Å². The van der Waals surface area contributed by atoms with Gasteiger partial charge in [-0.1, -0.05) is 41.1 Å². The molecule has 3 nitrogen and oxygen atoms in total. The average Bonchev–Trinajstić information content (AvgIpc) is 2.91. The van der Waals surface area contributed by atoms with Gasteiger partial charge in [0, 0.05) is 15.6 Å². The van der Waals surface area contributed by atoms with Crippen molar-refractivity contribution in [2.24, 2.45) is 0 Å². The van der Waals surface area contributed by atoms with Gasteiger partial charge in [0.1, 0.15) is 17.9 Å². The van der Waals surface area contributed by atoms with E-state index in [9.17, 15) is 4.39 Å². The van der Waals surface area contributed by atoms with E-state index < -0.39 is 5.82 Å². The van der Waals surface area contributed by atoms with Gasteiger partial charge in [0.15, 0.2) is 11.5 Å². The zero-order valence-corrected chi connectivity index (χ0v) is 13.2. The molecule has 0 saturated heterocycles. The minimum atomic E-state index is -0.418. The molecule has 116 valence electrons. The molecule has 1 heterocycles. The number of oxazole rings is 1. The third-order valence-electron chi connectivity index (χ3n) is 3.19. The van der Waals surface area contributed by atoms with E-state index in [4.69, 9.17) is 32.7 Å². The molecule has 1 N–H and O–H groups in total. The summed E-state index contributed by atoms with van der Waals surface area (Å²) in [6, 6.07) is 7.74. The van der Waals surface area contributed by atoms with E-state index in [1.807, 2.05) is 0 Å². The molecule has 0 unspecified atom stereocenters. The first-order valence-corrected chi connectivity index (χ1v) is 7.45. The fourth-order valence-corrected chi connectivity index (χ4v) is 2.64. The van der Waals surface area contributed by atoms with Crippen LogP contribution in [-0.2, 0) is 6.42 Å². The lowest BCUT2D eigenvalue weighted by Crippen LogP contribution is -1.93. The lowest BCUT2D eigenvalue weighted by Gasteiger charge is -2.02. The molecule has 0 saturated carbocycles. The highest BCUT2D eigenvalue weighted by molar-refractivity contribution is 6.31. The Morgan fingerprint density at radius 2 is 2.09 bits per heavy atom. The minimum Gasteiger partial charge on any atom is -0.439 e. The summed E-state index contributed by atoms with van der Waals surface area (Å²) >= 11 is 12.1. The van der Waals surface area contributed by atoms with Crippen LogP contribution in [0.25, 0.3) is 11.1 Å². The SMILES string of the molecule is OCC#Cc1cc(Cl)cc2nc(Cc3c(F)cccc3Cl)oc12. The number of aliphatic hydroxyl groups is 1. The maximum Gasteiger partial charge on any atom is 0.200 e. The molecule has 0 atom stereocenters. The second-order valence-electron chi connectivity index (χ2n) is 4.75. The standard InChI is InChI=1S/C17H10Cl2FNO2/c18-11-7-10(3-2-6-22)17-15(8-11)21-16(23-17)9-12-13(19)4-1-5-14(12)20/h1,4-5,7-8,22H,6,9H2. The van der Waals surface area contributed by atoms with Gasteiger partial charge < -0.3 is 9.52 Å². The third-order valence-corrected chi connectivity index (χ3v) is 3.76. The zero-order chi connectivity index (χ0) is 16.4. The third kappa shape index (κ3) is 3.32. The Morgan fingerprint density at radius 3 is 2.83 bits per heavy atom. The van der Waals surface area contributed by atoms with Crippen molar-refractivity contribution < 1.29 is 13.9 Å². The second kappa shape index (κ2) is 6.59. The summed E-state index contributed by atoms with van der Waals surface area (Å²) in [4.78, 5) is 4.31. The number of nitrogens with zero attached hydrogens (tertiary/aromatic N) is 1. The van der Waals surface area contributed by atoms with Crippen molar-refractivity contribution in [3.05, 3.63) is 63.2 Å². The largest absolute Gasteiger partial charge is 0.439 e. The Bertz CT molecular complexity index is 921. The smallest absolute Gasteiger partial charge is 0.200 e. The summed E-state index contributed by atoms with van der Waals surface area (Å²) in [6.45, 7) is -0.278. The Kier molecular flexibility index (Phi) is 4.53. The Balaban J connectivity index is 2.07. The molecular formula is C17H10Cl2FNO2. The van der Waals surface area contributed by atoms with E-state index in [1.165, 1.54) is 12.1 Å². The lowest BCUT2D eigenvalue weighted by atomic mass is 10.1. The zero-order valence-electron chi connectivity index (χ0n) is 11.7. The lowest BCUT2D eigenvalue weighted by molar-refractivity contribution is 0.350. The van der Waals surface area contributed by atoms with Crippen LogP contribution in [0.1, 0.15) is 17.0 Å². The van der Waals surface area contributed by atoms with Crippen molar-refractivity contribution in [1.29, 1.82) is 0 Å². The molecule has 3 rings (SSSR count). The number of halogens is 3. The number of rotatable bonds is 2. The van der Waals surface area contributed by atoms with Crippen LogP contribution in [0.15, 0.2) is 34.7 Å². The van der Waals surface area contributed by atoms with Crippen LogP contribution < -0.4 is 0 Å². The fraction of sp³-hybridized carbons (Fsp3) is 0.118. The molecule has 0 aliphatic carbocycles. The number of aliphatic hydroxyl groups excluding tert-OH is 1. The summed E-state index contributed by atoms with van der Waals surface area (Å²) in [5, 5.41) is 9.58. The highest BCUT2D eigenvalue weighted by Gasteiger charge is 2.15. The van der Waals surface area contributed by atoms with Crippen molar-refractivity contribution in [2.75, 3.05) is 6.61 Å². The van der Waals surface area contributed by atoms with Gasteiger partial charge in [0.05, 0.1) is 12.0 Å². The molecule has 0 radical (unpaired) electrons. The molecule has 0 spiro atoms. The van der Waals surface area contributed by atoms with Crippen LogP contribution in [-0.4, -0.2) is 16.7 Å². The molecule has 0 fully saturated rings. The second-order valence-corrected chi connectivity index (χ2v) is 5.59. The highest BCUT2D eigenvalue weighted by atomic mass is 35.5. The van der Waals surface area contributed by atoms with Gasteiger partial charge in [-0.3, -0.25) is 0 Å². The predicted octanol–water partition coefficient (Wildman–Crippen LogP) is 4.21. The van der Waals surface area contributed by atoms with E-state index in [2.05, 4.69) is 16.8 Å². The van der Waals surface area contributed by atoms with E-state index in [-0.39, 0.29) is 13.0 Å². The van der Waals surface area contributed by atoms with Crippen LogP contribution in [0.4, 0.5) is 4.39 Å².